The van der Waals surface area contributed by atoms with Crippen LogP contribution in [0.5, 0.6) is 5.75 Å². The Morgan fingerprint density at radius 1 is 1.12 bits per heavy atom. The van der Waals surface area contributed by atoms with Crippen molar-refractivity contribution in [1.29, 1.82) is 0 Å². The first-order chi connectivity index (χ1) is 12.5. The fourth-order valence-electron chi connectivity index (χ4n) is 2.48. The SMILES string of the molecule is COc1ccccc1N1C(=O)NC(=O)[C@H](C=Nc2ccccc2Br)C1=O. The van der Waals surface area contributed by atoms with Crippen LogP contribution < -0.4 is 15.0 Å². The Morgan fingerprint density at radius 2 is 1.81 bits per heavy atom. The van der Waals surface area contributed by atoms with E-state index in [2.05, 4.69) is 26.2 Å². The molecule has 0 aromatic heterocycles. The summed E-state index contributed by atoms with van der Waals surface area (Å²) in [6, 6.07) is 12.9. The van der Waals surface area contributed by atoms with E-state index in [1.165, 1.54) is 13.3 Å². The number of methoxy groups -OCH3 is 1. The number of anilines is 1. The van der Waals surface area contributed by atoms with E-state index >= 15 is 0 Å². The molecule has 1 N–H and O–H groups in total. The number of benzene rings is 2. The number of carbonyl (C=O) groups is 3. The molecule has 1 atom stereocenters. The predicted molar refractivity (Wildman–Crippen MR) is 99.8 cm³/mol. The molecule has 0 spiro atoms. The fraction of sp³-hybridized carbons (Fsp3) is 0.111. The molecule has 0 radical (unpaired) electrons. The molecule has 2 aromatic rings. The highest BCUT2D eigenvalue weighted by atomic mass is 79.9. The van der Waals surface area contributed by atoms with Crippen LogP contribution in [0.3, 0.4) is 0 Å². The summed E-state index contributed by atoms with van der Waals surface area (Å²) in [5.41, 5.74) is 0.818. The van der Waals surface area contributed by atoms with Gasteiger partial charge in [0.25, 0.3) is 5.91 Å². The van der Waals surface area contributed by atoms with Gasteiger partial charge in [0, 0.05) is 10.7 Å². The molecule has 0 aliphatic carbocycles. The van der Waals surface area contributed by atoms with Crippen LogP contribution >= 0.6 is 15.9 Å². The Balaban J connectivity index is 1.95. The Bertz CT molecular complexity index is 913. The molecule has 2 aromatic carbocycles. The van der Waals surface area contributed by atoms with Crippen LogP contribution in [0.4, 0.5) is 16.2 Å². The quantitative estimate of drug-likeness (QED) is 0.613. The largest absolute Gasteiger partial charge is 0.495 e. The van der Waals surface area contributed by atoms with Gasteiger partial charge >= 0.3 is 6.03 Å². The normalized spacial score (nSPS) is 17.5. The van der Waals surface area contributed by atoms with Gasteiger partial charge in [-0.1, -0.05) is 24.3 Å². The topological polar surface area (TPSA) is 88.1 Å². The monoisotopic (exact) mass is 415 g/mol. The lowest BCUT2D eigenvalue weighted by molar-refractivity contribution is -0.131. The maximum absolute atomic E-state index is 12.8. The fourth-order valence-corrected chi connectivity index (χ4v) is 2.86. The van der Waals surface area contributed by atoms with Crippen LogP contribution in [0.15, 0.2) is 58.0 Å². The van der Waals surface area contributed by atoms with Gasteiger partial charge in [-0.2, -0.15) is 0 Å². The number of aliphatic imine (C=N–C) groups is 1. The van der Waals surface area contributed by atoms with Crippen molar-refractivity contribution in [3.05, 3.63) is 53.0 Å². The Kier molecular flexibility index (Phi) is 5.13. The summed E-state index contributed by atoms with van der Waals surface area (Å²) in [6.45, 7) is 0. The number of imide groups is 2. The van der Waals surface area contributed by atoms with Crippen molar-refractivity contribution in [3.63, 3.8) is 0 Å². The summed E-state index contributed by atoms with van der Waals surface area (Å²) in [7, 11) is 1.43. The number of halogens is 1. The number of urea groups is 1. The third kappa shape index (κ3) is 3.36. The summed E-state index contributed by atoms with van der Waals surface area (Å²) in [6.07, 6.45) is 1.23. The molecule has 0 bridgehead atoms. The Morgan fingerprint density at radius 3 is 2.54 bits per heavy atom. The molecule has 0 unspecified atom stereocenters. The van der Waals surface area contributed by atoms with Crippen molar-refractivity contribution in [3.8, 4) is 5.75 Å². The molecule has 4 amide bonds. The van der Waals surface area contributed by atoms with Gasteiger partial charge < -0.3 is 4.74 Å². The van der Waals surface area contributed by atoms with Gasteiger partial charge in [0.2, 0.25) is 5.91 Å². The predicted octanol–water partition coefficient (Wildman–Crippen LogP) is 3.06. The number of hydrogen-bond acceptors (Lipinski definition) is 5. The molecule has 0 saturated carbocycles. The van der Waals surface area contributed by atoms with Crippen molar-refractivity contribution >= 4 is 51.4 Å². The van der Waals surface area contributed by atoms with E-state index in [4.69, 9.17) is 4.74 Å². The second-order valence-electron chi connectivity index (χ2n) is 5.35. The summed E-state index contributed by atoms with van der Waals surface area (Å²) < 4.78 is 5.92. The summed E-state index contributed by atoms with van der Waals surface area (Å²) >= 11 is 3.35. The molecular formula is C18H14BrN3O4. The molecule has 1 saturated heterocycles. The third-order valence-corrected chi connectivity index (χ3v) is 4.41. The first-order valence-corrected chi connectivity index (χ1v) is 8.42. The minimum atomic E-state index is -1.23. The minimum absolute atomic E-state index is 0.254. The maximum atomic E-state index is 12.8. The van der Waals surface area contributed by atoms with Crippen LogP contribution in [-0.2, 0) is 9.59 Å². The molecule has 8 heteroatoms. The Hall–Kier alpha value is -3.00. The van der Waals surface area contributed by atoms with E-state index in [1.54, 1.807) is 42.5 Å². The number of hydrogen-bond donors (Lipinski definition) is 1. The Labute approximate surface area is 157 Å². The number of para-hydroxylation sites is 3. The van der Waals surface area contributed by atoms with Crippen molar-refractivity contribution in [2.75, 3.05) is 12.0 Å². The molecular weight excluding hydrogens is 402 g/mol. The van der Waals surface area contributed by atoms with Crippen LogP contribution in [-0.4, -0.2) is 31.2 Å². The zero-order chi connectivity index (χ0) is 18.7. The highest BCUT2D eigenvalue weighted by molar-refractivity contribution is 9.10. The maximum Gasteiger partial charge on any atom is 0.335 e. The van der Waals surface area contributed by atoms with Crippen LogP contribution in [0.2, 0.25) is 0 Å². The number of amides is 4. The van der Waals surface area contributed by atoms with E-state index in [1.807, 2.05) is 6.07 Å². The van der Waals surface area contributed by atoms with Gasteiger partial charge in [-0.25, -0.2) is 9.69 Å². The number of nitrogens with one attached hydrogen (secondary N) is 1. The first kappa shape index (κ1) is 17.8. The van der Waals surface area contributed by atoms with Crippen molar-refractivity contribution in [2.24, 2.45) is 10.9 Å². The van der Waals surface area contributed by atoms with E-state index in [0.29, 0.717) is 11.4 Å². The van der Waals surface area contributed by atoms with Gasteiger partial charge in [0.05, 0.1) is 18.5 Å². The number of nitrogens with zero attached hydrogens (tertiary/aromatic N) is 2. The van der Waals surface area contributed by atoms with Crippen molar-refractivity contribution in [1.82, 2.24) is 5.32 Å². The average molecular weight is 416 g/mol. The third-order valence-electron chi connectivity index (χ3n) is 3.74. The summed E-state index contributed by atoms with van der Waals surface area (Å²) in [5, 5.41) is 2.18. The van der Waals surface area contributed by atoms with Crippen LogP contribution in [0, 0.1) is 5.92 Å². The number of ether oxygens (including phenoxy) is 1. The van der Waals surface area contributed by atoms with Crippen LogP contribution in [0.25, 0.3) is 0 Å². The average Bonchev–Trinajstić information content (AvgIpc) is 2.63. The zero-order valence-electron chi connectivity index (χ0n) is 13.7. The first-order valence-electron chi connectivity index (χ1n) is 7.63. The van der Waals surface area contributed by atoms with Gasteiger partial charge in [-0.3, -0.25) is 19.9 Å². The molecule has 1 heterocycles. The lowest BCUT2D eigenvalue weighted by Crippen LogP contribution is -2.58. The zero-order valence-corrected chi connectivity index (χ0v) is 15.3. The second kappa shape index (κ2) is 7.49. The van der Waals surface area contributed by atoms with Gasteiger partial charge in [-0.15, -0.1) is 0 Å². The number of carbonyl (C=O) groups excluding carboxylic acids is 3. The summed E-state index contributed by atoms with van der Waals surface area (Å²) in [5.74, 6) is -2.31. The number of rotatable bonds is 4. The highest BCUT2D eigenvalue weighted by Crippen LogP contribution is 2.30. The molecule has 7 nitrogen and oxygen atoms in total. The molecule has 1 fully saturated rings. The summed E-state index contributed by atoms with van der Waals surface area (Å²) in [4.78, 5) is 42.3. The van der Waals surface area contributed by atoms with Crippen molar-refractivity contribution in [2.45, 2.75) is 0 Å². The lowest BCUT2D eigenvalue weighted by atomic mass is 10.1. The van der Waals surface area contributed by atoms with Crippen LogP contribution in [0.1, 0.15) is 0 Å². The van der Waals surface area contributed by atoms with Gasteiger partial charge in [0.15, 0.2) is 5.92 Å². The molecule has 26 heavy (non-hydrogen) atoms. The lowest BCUT2D eigenvalue weighted by Gasteiger charge is -2.29. The molecule has 132 valence electrons. The van der Waals surface area contributed by atoms with E-state index < -0.39 is 23.8 Å². The van der Waals surface area contributed by atoms with Gasteiger partial charge in [0.1, 0.15) is 5.75 Å². The van der Waals surface area contributed by atoms with E-state index in [-0.39, 0.29) is 5.69 Å². The second-order valence-corrected chi connectivity index (χ2v) is 6.20. The van der Waals surface area contributed by atoms with E-state index in [0.717, 1.165) is 9.37 Å². The highest BCUT2D eigenvalue weighted by Gasteiger charge is 2.41. The smallest absolute Gasteiger partial charge is 0.335 e. The molecule has 3 rings (SSSR count). The number of barbiturate groups is 1. The molecule has 1 aliphatic rings. The van der Waals surface area contributed by atoms with E-state index in [9.17, 15) is 14.4 Å². The minimum Gasteiger partial charge on any atom is -0.495 e. The van der Waals surface area contributed by atoms with Gasteiger partial charge in [-0.05, 0) is 40.2 Å². The molecule has 1 aliphatic heterocycles. The standard InChI is InChI=1S/C18H14BrN3O4/c1-26-15-9-5-4-8-14(15)22-17(24)11(16(23)21-18(22)25)10-20-13-7-3-2-6-12(13)19/h2-11H,1H3,(H,21,23,25)/t11-/m0/s1. The van der Waals surface area contributed by atoms with Crippen molar-refractivity contribution < 1.29 is 19.1 Å².